The molecule has 0 saturated carbocycles. The first-order valence-corrected chi connectivity index (χ1v) is 7.97. The summed E-state index contributed by atoms with van der Waals surface area (Å²) in [4.78, 5) is -0.925. The molecule has 0 radical (unpaired) electrons. The third-order valence-electron chi connectivity index (χ3n) is 2.25. The Bertz CT molecular complexity index is 831. The van der Waals surface area contributed by atoms with E-state index in [1.54, 1.807) is 4.72 Å². The summed E-state index contributed by atoms with van der Waals surface area (Å²) in [5, 5.41) is 3.57. The van der Waals surface area contributed by atoms with E-state index in [4.69, 9.17) is 0 Å². The van der Waals surface area contributed by atoms with Crippen molar-refractivity contribution in [2.45, 2.75) is 17.4 Å². The molecule has 0 unspecified atom stereocenters. The molecule has 0 aliphatic heterocycles. The van der Waals surface area contributed by atoms with Gasteiger partial charge in [0.05, 0.1) is 0 Å². The average Bonchev–Trinajstić information content (AvgIpc) is 2.85. The van der Waals surface area contributed by atoms with Crippen molar-refractivity contribution in [2.24, 2.45) is 0 Å². The number of hydrogen-bond acceptors (Lipinski definition) is 6. The van der Waals surface area contributed by atoms with Crippen molar-refractivity contribution in [3.63, 3.8) is 0 Å². The van der Waals surface area contributed by atoms with Crippen molar-refractivity contribution in [3.8, 4) is 5.75 Å². The zero-order valence-electron chi connectivity index (χ0n) is 11.0. The standard InChI is InChI=1S/C10H5F6N3O3S2/c11-9(12,13)7-17-18-8(23-7)19-24(20,21)6-4-2-1-3-5(6)22-10(14,15)16/h1-4H,(H,18,19). The Morgan fingerprint density at radius 3 is 2.21 bits per heavy atom. The van der Waals surface area contributed by atoms with E-state index in [9.17, 15) is 34.8 Å². The fraction of sp³-hybridized carbons (Fsp3) is 0.200. The Labute approximate surface area is 134 Å². The van der Waals surface area contributed by atoms with Gasteiger partial charge in [-0.15, -0.1) is 23.4 Å². The van der Waals surface area contributed by atoms with Gasteiger partial charge in [-0.1, -0.05) is 23.5 Å². The van der Waals surface area contributed by atoms with Gasteiger partial charge in [-0.3, -0.25) is 4.72 Å². The maximum atomic E-state index is 12.4. The van der Waals surface area contributed by atoms with Crippen molar-refractivity contribution in [2.75, 3.05) is 4.72 Å². The van der Waals surface area contributed by atoms with Crippen LogP contribution >= 0.6 is 11.3 Å². The number of sulfonamides is 1. The topological polar surface area (TPSA) is 81.2 Å². The van der Waals surface area contributed by atoms with Crippen LogP contribution in [-0.2, 0) is 16.2 Å². The highest BCUT2D eigenvalue weighted by atomic mass is 32.2. The van der Waals surface area contributed by atoms with Crippen LogP contribution in [0, 0.1) is 0 Å². The van der Waals surface area contributed by atoms with Crippen LogP contribution in [0.5, 0.6) is 5.75 Å². The summed E-state index contributed by atoms with van der Waals surface area (Å²) in [5.74, 6) is -1.04. The lowest BCUT2D eigenvalue weighted by molar-refractivity contribution is -0.275. The molecule has 0 fully saturated rings. The van der Waals surface area contributed by atoms with Crippen LogP contribution in [0.3, 0.4) is 0 Å². The number of nitrogens with zero attached hydrogens (tertiary/aromatic N) is 2. The van der Waals surface area contributed by atoms with Crippen LogP contribution in [0.1, 0.15) is 5.01 Å². The number of hydrogen-bond donors (Lipinski definition) is 1. The van der Waals surface area contributed by atoms with E-state index in [1.165, 1.54) is 0 Å². The molecule has 2 rings (SSSR count). The molecule has 6 nitrogen and oxygen atoms in total. The molecule has 0 bridgehead atoms. The molecule has 0 spiro atoms. The Morgan fingerprint density at radius 2 is 1.67 bits per heavy atom. The number of alkyl halides is 6. The molecule has 1 heterocycles. The molecule has 0 aliphatic carbocycles. The molecule has 24 heavy (non-hydrogen) atoms. The van der Waals surface area contributed by atoms with E-state index in [1.807, 2.05) is 0 Å². The molecular weight excluding hydrogens is 388 g/mol. The summed E-state index contributed by atoms with van der Waals surface area (Å²) in [6.45, 7) is 0. The number of rotatable bonds is 4. The molecule has 0 saturated heterocycles. The number of anilines is 1. The van der Waals surface area contributed by atoms with Gasteiger partial charge < -0.3 is 4.74 Å². The third-order valence-corrected chi connectivity index (χ3v) is 4.64. The van der Waals surface area contributed by atoms with Crippen molar-refractivity contribution in [3.05, 3.63) is 29.3 Å². The largest absolute Gasteiger partial charge is 0.573 e. The van der Waals surface area contributed by atoms with Crippen molar-refractivity contribution < 1.29 is 39.5 Å². The molecule has 0 atom stereocenters. The van der Waals surface area contributed by atoms with Crippen molar-refractivity contribution >= 4 is 26.5 Å². The van der Waals surface area contributed by atoms with E-state index < -0.39 is 43.3 Å². The zero-order valence-corrected chi connectivity index (χ0v) is 12.6. The maximum Gasteiger partial charge on any atom is 0.573 e. The van der Waals surface area contributed by atoms with Gasteiger partial charge in [0.25, 0.3) is 10.0 Å². The summed E-state index contributed by atoms with van der Waals surface area (Å²) in [6.07, 6.45) is -9.99. The highest BCUT2D eigenvalue weighted by Gasteiger charge is 2.37. The maximum absolute atomic E-state index is 12.4. The SMILES string of the molecule is O=S(=O)(Nc1nnc(C(F)(F)F)s1)c1ccccc1OC(F)(F)F. The first-order chi connectivity index (χ1) is 10.9. The Kier molecular flexibility index (Phi) is 4.63. The summed E-state index contributed by atoms with van der Waals surface area (Å²) in [5.41, 5.74) is 0. The highest BCUT2D eigenvalue weighted by Crippen LogP contribution is 2.35. The summed E-state index contributed by atoms with van der Waals surface area (Å²) < 4.78 is 103. The van der Waals surface area contributed by atoms with E-state index >= 15 is 0 Å². The van der Waals surface area contributed by atoms with Gasteiger partial charge in [-0.2, -0.15) is 13.2 Å². The van der Waals surface area contributed by atoms with Gasteiger partial charge in [0.2, 0.25) is 10.1 Å². The second-order valence-corrected chi connectivity index (χ2v) is 6.64. The predicted molar refractivity (Wildman–Crippen MR) is 68.8 cm³/mol. The van der Waals surface area contributed by atoms with E-state index in [0.29, 0.717) is 0 Å². The lowest BCUT2D eigenvalue weighted by atomic mass is 10.3. The number of halogens is 6. The molecule has 1 N–H and O–H groups in total. The molecule has 1 aromatic carbocycles. The molecule has 14 heteroatoms. The predicted octanol–water partition coefficient (Wildman–Crippen LogP) is 3.26. The fourth-order valence-corrected chi connectivity index (χ4v) is 3.40. The van der Waals surface area contributed by atoms with Gasteiger partial charge in [0.1, 0.15) is 10.6 Å². The number of ether oxygens (including phenoxy) is 1. The van der Waals surface area contributed by atoms with Crippen LogP contribution in [0.2, 0.25) is 0 Å². The number of para-hydroxylation sites is 1. The zero-order chi connectivity index (χ0) is 18.2. The van der Waals surface area contributed by atoms with Gasteiger partial charge >= 0.3 is 12.5 Å². The van der Waals surface area contributed by atoms with Crippen LogP contribution < -0.4 is 9.46 Å². The minimum atomic E-state index is -5.15. The number of benzene rings is 1. The first kappa shape index (κ1) is 18.3. The molecule has 0 amide bonds. The van der Waals surface area contributed by atoms with E-state index in [-0.39, 0.29) is 11.3 Å². The average molecular weight is 393 g/mol. The van der Waals surface area contributed by atoms with Gasteiger partial charge in [0.15, 0.2) is 0 Å². The fourth-order valence-electron chi connectivity index (χ4n) is 1.43. The van der Waals surface area contributed by atoms with Gasteiger partial charge in [0, 0.05) is 0 Å². The van der Waals surface area contributed by atoms with Crippen LogP contribution in [0.25, 0.3) is 0 Å². The minimum Gasteiger partial charge on any atom is -0.404 e. The summed E-state index contributed by atoms with van der Waals surface area (Å²) >= 11 is -0.120. The third kappa shape index (κ3) is 4.47. The second kappa shape index (κ2) is 6.08. The summed E-state index contributed by atoms with van der Waals surface area (Å²) in [7, 11) is -4.68. The van der Waals surface area contributed by atoms with E-state index in [2.05, 4.69) is 14.9 Å². The number of nitrogens with one attached hydrogen (secondary N) is 1. The lowest BCUT2D eigenvalue weighted by Crippen LogP contribution is -2.20. The Balaban J connectivity index is 2.33. The van der Waals surface area contributed by atoms with E-state index in [0.717, 1.165) is 24.3 Å². The molecule has 0 aliphatic rings. The Hall–Kier alpha value is -2.09. The van der Waals surface area contributed by atoms with Gasteiger partial charge in [-0.25, -0.2) is 8.42 Å². The molecule has 132 valence electrons. The van der Waals surface area contributed by atoms with Crippen LogP contribution in [0.15, 0.2) is 29.2 Å². The monoisotopic (exact) mass is 393 g/mol. The lowest BCUT2D eigenvalue weighted by Gasteiger charge is -2.13. The van der Waals surface area contributed by atoms with Gasteiger partial charge in [-0.05, 0) is 12.1 Å². The minimum absolute atomic E-state index is 0.120. The molecular formula is C10H5F6N3O3S2. The van der Waals surface area contributed by atoms with Crippen LogP contribution in [-0.4, -0.2) is 25.0 Å². The highest BCUT2D eigenvalue weighted by molar-refractivity contribution is 7.93. The quantitative estimate of drug-likeness (QED) is 0.807. The summed E-state index contributed by atoms with van der Waals surface area (Å²) in [6, 6.07) is 3.73. The normalized spacial score (nSPS) is 12.9. The molecule has 2 aromatic rings. The van der Waals surface area contributed by atoms with Crippen molar-refractivity contribution in [1.29, 1.82) is 0 Å². The first-order valence-electron chi connectivity index (χ1n) is 5.67. The number of aromatic nitrogens is 2. The Morgan fingerprint density at radius 1 is 1.04 bits per heavy atom. The molecule has 1 aromatic heterocycles. The second-order valence-electron chi connectivity index (χ2n) is 4.01. The van der Waals surface area contributed by atoms with Crippen molar-refractivity contribution in [1.82, 2.24) is 10.2 Å². The smallest absolute Gasteiger partial charge is 0.404 e. The van der Waals surface area contributed by atoms with Crippen LogP contribution in [0.4, 0.5) is 31.5 Å².